The molecule has 1 aromatic carbocycles. The van der Waals surface area contributed by atoms with Crippen molar-refractivity contribution >= 4 is 18.0 Å². The van der Waals surface area contributed by atoms with Crippen LogP contribution in [-0.4, -0.2) is 35.7 Å². The van der Waals surface area contributed by atoms with E-state index in [9.17, 15) is 14.0 Å². The number of nitrogens with zero attached hydrogens (tertiary/aromatic N) is 1. The molecule has 2 fully saturated rings. The van der Waals surface area contributed by atoms with Crippen LogP contribution in [0.4, 0.5) is 4.39 Å². The number of hydrogen-bond acceptors (Lipinski definition) is 5. The summed E-state index contributed by atoms with van der Waals surface area (Å²) in [6.07, 6.45) is 3.65. The zero-order valence-corrected chi connectivity index (χ0v) is 15.4. The van der Waals surface area contributed by atoms with Crippen molar-refractivity contribution in [2.24, 2.45) is 5.92 Å². The van der Waals surface area contributed by atoms with Crippen molar-refractivity contribution in [1.29, 1.82) is 0 Å². The first-order chi connectivity index (χ1) is 12.2. The minimum Gasteiger partial charge on any atom is -0.419 e. The lowest BCUT2D eigenvalue weighted by atomic mass is 9.97. The Kier molecular flexibility index (Phi) is 5.14. The van der Waals surface area contributed by atoms with Crippen molar-refractivity contribution in [3.8, 4) is 0 Å². The molecule has 6 heteroatoms. The lowest BCUT2D eigenvalue weighted by Gasteiger charge is -2.31. The van der Waals surface area contributed by atoms with Gasteiger partial charge in [-0.1, -0.05) is 13.0 Å². The van der Waals surface area contributed by atoms with Crippen LogP contribution in [-0.2, 0) is 25.6 Å². The molecule has 26 heavy (non-hydrogen) atoms. The lowest BCUT2D eigenvalue weighted by Crippen LogP contribution is -2.41. The summed E-state index contributed by atoms with van der Waals surface area (Å²) >= 11 is 0. The highest BCUT2D eigenvalue weighted by Crippen LogP contribution is 2.26. The molecule has 0 radical (unpaired) electrons. The van der Waals surface area contributed by atoms with Gasteiger partial charge in [0.1, 0.15) is 11.4 Å². The second-order valence-corrected chi connectivity index (χ2v) is 7.54. The van der Waals surface area contributed by atoms with Crippen LogP contribution < -0.4 is 0 Å². The van der Waals surface area contributed by atoms with Crippen molar-refractivity contribution < 1.29 is 23.5 Å². The highest BCUT2D eigenvalue weighted by molar-refractivity contribution is 6.18. The third kappa shape index (κ3) is 4.30. The average molecular weight is 361 g/mol. The minimum atomic E-state index is -1.28. The third-order valence-corrected chi connectivity index (χ3v) is 4.79. The predicted octanol–water partition coefficient (Wildman–Crippen LogP) is 3.28. The molecule has 2 heterocycles. The molecule has 0 spiro atoms. The maximum absolute atomic E-state index is 13.8. The standard InChI is InChI=1S/C20H24FNO4/c1-13-6-8-22(9-7-13)12-15-10-16(21)5-4-14(15)11-17-18(23)25-20(2,3)26-19(17)24/h4-5,10-11,13H,6-9,12H2,1-3H3. The molecular weight excluding hydrogens is 337 g/mol. The Labute approximate surface area is 152 Å². The molecule has 0 amide bonds. The first-order valence-electron chi connectivity index (χ1n) is 8.93. The number of benzene rings is 1. The Morgan fingerprint density at radius 3 is 2.42 bits per heavy atom. The largest absolute Gasteiger partial charge is 0.419 e. The Balaban J connectivity index is 1.86. The van der Waals surface area contributed by atoms with E-state index < -0.39 is 17.7 Å². The van der Waals surface area contributed by atoms with Gasteiger partial charge in [-0.15, -0.1) is 0 Å². The number of halogens is 1. The Morgan fingerprint density at radius 2 is 1.81 bits per heavy atom. The molecule has 0 saturated carbocycles. The van der Waals surface area contributed by atoms with E-state index in [1.807, 2.05) is 0 Å². The molecule has 0 aromatic heterocycles. The van der Waals surface area contributed by atoms with Gasteiger partial charge in [-0.2, -0.15) is 0 Å². The van der Waals surface area contributed by atoms with E-state index in [1.54, 1.807) is 6.07 Å². The van der Waals surface area contributed by atoms with Crippen LogP contribution in [0, 0.1) is 11.7 Å². The monoisotopic (exact) mass is 361 g/mol. The number of rotatable bonds is 3. The fourth-order valence-electron chi connectivity index (χ4n) is 3.25. The van der Waals surface area contributed by atoms with Crippen LogP contribution in [0.25, 0.3) is 6.08 Å². The predicted molar refractivity (Wildman–Crippen MR) is 94.3 cm³/mol. The van der Waals surface area contributed by atoms with Gasteiger partial charge < -0.3 is 9.47 Å². The summed E-state index contributed by atoms with van der Waals surface area (Å²) in [6.45, 7) is 7.70. The summed E-state index contributed by atoms with van der Waals surface area (Å²) in [5, 5.41) is 0. The van der Waals surface area contributed by atoms with Gasteiger partial charge in [-0.25, -0.2) is 14.0 Å². The molecule has 1 aromatic rings. The molecular formula is C20H24FNO4. The molecule has 3 rings (SSSR count). The Morgan fingerprint density at radius 1 is 1.19 bits per heavy atom. The van der Waals surface area contributed by atoms with Crippen LogP contribution in [0.1, 0.15) is 44.7 Å². The number of likely N-dealkylation sites (tertiary alicyclic amines) is 1. The second kappa shape index (κ2) is 7.19. The fourth-order valence-corrected chi connectivity index (χ4v) is 3.25. The van der Waals surface area contributed by atoms with Crippen molar-refractivity contribution in [1.82, 2.24) is 4.90 Å². The number of ether oxygens (including phenoxy) is 2. The highest BCUT2D eigenvalue weighted by Gasteiger charge is 2.39. The van der Waals surface area contributed by atoms with Crippen LogP contribution in [0.5, 0.6) is 0 Å². The summed E-state index contributed by atoms with van der Waals surface area (Å²) in [5.41, 5.74) is 1.18. The summed E-state index contributed by atoms with van der Waals surface area (Å²) < 4.78 is 24.0. The van der Waals surface area contributed by atoms with Gasteiger partial charge in [0.25, 0.3) is 5.79 Å². The van der Waals surface area contributed by atoms with E-state index in [-0.39, 0.29) is 11.4 Å². The van der Waals surface area contributed by atoms with Crippen molar-refractivity contribution in [3.63, 3.8) is 0 Å². The number of carbonyl (C=O) groups is 2. The van der Waals surface area contributed by atoms with Gasteiger partial charge in [0.05, 0.1) is 0 Å². The van der Waals surface area contributed by atoms with Crippen LogP contribution >= 0.6 is 0 Å². The highest BCUT2D eigenvalue weighted by atomic mass is 19.1. The SMILES string of the molecule is CC1CCN(Cc2cc(F)ccc2C=C2C(=O)OC(C)(C)OC2=O)CC1. The quantitative estimate of drug-likeness (QED) is 0.470. The van der Waals surface area contributed by atoms with Gasteiger partial charge in [0.15, 0.2) is 0 Å². The number of cyclic esters (lactones) is 2. The van der Waals surface area contributed by atoms with Crippen LogP contribution in [0.3, 0.4) is 0 Å². The van der Waals surface area contributed by atoms with E-state index in [1.165, 1.54) is 32.1 Å². The smallest absolute Gasteiger partial charge is 0.348 e. The topological polar surface area (TPSA) is 55.8 Å². The molecule has 2 aliphatic heterocycles. The summed E-state index contributed by atoms with van der Waals surface area (Å²) in [6, 6.07) is 4.34. The maximum Gasteiger partial charge on any atom is 0.348 e. The van der Waals surface area contributed by atoms with Gasteiger partial charge >= 0.3 is 11.9 Å². The van der Waals surface area contributed by atoms with Crippen LogP contribution in [0.15, 0.2) is 23.8 Å². The van der Waals surface area contributed by atoms with Gasteiger partial charge in [0, 0.05) is 20.4 Å². The zero-order valence-electron chi connectivity index (χ0n) is 15.4. The van der Waals surface area contributed by atoms with E-state index in [0.29, 0.717) is 18.0 Å². The van der Waals surface area contributed by atoms with Crippen molar-refractivity contribution in [2.45, 2.75) is 45.9 Å². The third-order valence-electron chi connectivity index (χ3n) is 4.79. The Hall–Kier alpha value is -2.21. The van der Waals surface area contributed by atoms with Crippen molar-refractivity contribution in [3.05, 3.63) is 40.7 Å². The molecule has 2 aliphatic rings. The second-order valence-electron chi connectivity index (χ2n) is 7.54. The van der Waals surface area contributed by atoms with E-state index in [0.717, 1.165) is 31.5 Å². The van der Waals surface area contributed by atoms with E-state index in [4.69, 9.17) is 9.47 Å². The average Bonchev–Trinajstić information content (AvgIpc) is 2.54. The zero-order chi connectivity index (χ0) is 18.9. The molecule has 5 nitrogen and oxygen atoms in total. The number of piperidine rings is 1. The molecule has 0 aliphatic carbocycles. The van der Waals surface area contributed by atoms with Gasteiger partial charge in [-0.05, 0) is 61.2 Å². The molecule has 0 bridgehead atoms. The van der Waals surface area contributed by atoms with Crippen LogP contribution in [0.2, 0.25) is 0 Å². The molecule has 0 unspecified atom stereocenters. The fraction of sp³-hybridized carbons (Fsp3) is 0.500. The first-order valence-corrected chi connectivity index (χ1v) is 8.93. The maximum atomic E-state index is 13.8. The Bertz CT molecular complexity index is 726. The van der Waals surface area contributed by atoms with Gasteiger partial charge in [-0.3, -0.25) is 4.90 Å². The number of carbonyl (C=O) groups excluding carboxylic acids is 2. The molecule has 2 saturated heterocycles. The van der Waals surface area contributed by atoms with E-state index >= 15 is 0 Å². The number of hydrogen-bond donors (Lipinski definition) is 0. The van der Waals surface area contributed by atoms with E-state index in [2.05, 4.69) is 11.8 Å². The van der Waals surface area contributed by atoms with Gasteiger partial charge in [0.2, 0.25) is 0 Å². The minimum absolute atomic E-state index is 0.176. The molecule has 0 atom stereocenters. The molecule has 0 N–H and O–H groups in total. The van der Waals surface area contributed by atoms with Crippen molar-refractivity contribution in [2.75, 3.05) is 13.1 Å². The summed E-state index contributed by atoms with van der Waals surface area (Å²) in [5.74, 6) is -2.37. The summed E-state index contributed by atoms with van der Waals surface area (Å²) in [4.78, 5) is 26.6. The lowest BCUT2D eigenvalue weighted by molar-refractivity contribution is -0.222. The summed E-state index contributed by atoms with van der Waals surface area (Å²) in [7, 11) is 0. The number of esters is 2. The first kappa shape index (κ1) is 18.6. The molecule has 140 valence electrons. The normalized spacial score (nSPS) is 21.3.